The highest BCUT2D eigenvalue weighted by atomic mass is 19.1. The number of halogens is 1. The Kier molecular flexibility index (Phi) is 15.4. The molecule has 5 amide bonds. The van der Waals surface area contributed by atoms with Gasteiger partial charge in [0, 0.05) is 101 Å². The SMILES string of the molecule is O=C(N[C@@H](C(=O)N1CCN(CC2CCN(CC(=O)N3CCN(C(=O)c4cc(Cc5n[nH]c(=O)c6ccccc56)ccc4F)CC3)CC2)CC1)C1CCCCC1)c1cccc(C2CCCN(C(=O)C3CC3)C2)c1. The predicted octanol–water partition coefficient (Wildman–Crippen LogP) is 5.29. The predicted molar refractivity (Wildman–Crippen MR) is 272 cm³/mol. The highest BCUT2D eigenvalue weighted by Crippen LogP contribution is 2.35. The van der Waals surface area contributed by atoms with E-state index in [0.717, 1.165) is 115 Å². The van der Waals surface area contributed by atoms with E-state index < -0.39 is 17.8 Å². The first kappa shape index (κ1) is 49.6. The van der Waals surface area contributed by atoms with Gasteiger partial charge in [0.15, 0.2) is 0 Å². The van der Waals surface area contributed by atoms with E-state index in [1.807, 2.05) is 45.0 Å². The number of H-pyrrole nitrogens is 1. The summed E-state index contributed by atoms with van der Waals surface area (Å²) in [7, 11) is 0. The Labute approximate surface area is 421 Å². The summed E-state index contributed by atoms with van der Waals surface area (Å²) in [5.41, 5.74) is 2.68. The second-order valence-electron chi connectivity index (χ2n) is 21.4. The quantitative estimate of drug-likeness (QED) is 0.182. The zero-order chi connectivity index (χ0) is 49.7. The Morgan fingerprint density at radius 2 is 1.40 bits per heavy atom. The van der Waals surface area contributed by atoms with E-state index in [4.69, 9.17) is 0 Å². The van der Waals surface area contributed by atoms with Gasteiger partial charge in [0.25, 0.3) is 17.4 Å². The molecule has 3 aromatic carbocycles. The van der Waals surface area contributed by atoms with Crippen molar-refractivity contribution in [3.05, 3.63) is 111 Å². The number of aromatic amines is 1. The van der Waals surface area contributed by atoms with Crippen molar-refractivity contribution in [1.82, 2.24) is 44.9 Å². The molecule has 4 aromatic rings. The third-order valence-electron chi connectivity index (χ3n) is 16.5. The number of benzene rings is 3. The van der Waals surface area contributed by atoms with Crippen LogP contribution in [-0.4, -0.2) is 167 Å². The van der Waals surface area contributed by atoms with E-state index in [9.17, 15) is 28.8 Å². The molecule has 2 saturated carbocycles. The lowest BCUT2D eigenvalue weighted by Crippen LogP contribution is -2.57. The Hall–Kier alpha value is -6.00. The number of hydrogen-bond acceptors (Lipinski definition) is 9. The van der Waals surface area contributed by atoms with Gasteiger partial charge in [0.2, 0.25) is 17.7 Å². The van der Waals surface area contributed by atoms with Crippen LogP contribution in [0.5, 0.6) is 0 Å². The van der Waals surface area contributed by atoms with Crippen LogP contribution < -0.4 is 10.9 Å². The van der Waals surface area contributed by atoms with Crippen molar-refractivity contribution in [3.8, 4) is 0 Å². The summed E-state index contributed by atoms with van der Waals surface area (Å²) in [5.74, 6) is 0.164. The minimum atomic E-state index is -0.604. The van der Waals surface area contributed by atoms with Crippen molar-refractivity contribution in [2.45, 2.75) is 89.0 Å². The van der Waals surface area contributed by atoms with Gasteiger partial charge in [-0.3, -0.25) is 38.6 Å². The Balaban J connectivity index is 0.657. The molecule has 5 heterocycles. The lowest BCUT2D eigenvalue weighted by Gasteiger charge is -2.41. The maximum Gasteiger partial charge on any atom is 0.272 e. The molecule has 2 aliphatic carbocycles. The lowest BCUT2D eigenvalue weighted by atomic mass is 9.83. The van der Waals surface area contributed by atoms with Crippen LogP contribution in [0.1, 0.15) is 114 Å². The largest absolute Gasteiger partial charge is 0.342 e. The number of piperidine rings is 2. The van der Waals surface area contributed by atoms with Gasteiger partial charge >= 0.3 is 0 Å². The number of likely N-dealkylation sites (tertiary alicyclic amines) is 2. The van der Waals surface area contributed by atoms with Crippen LogP contribution >= 0.6 is 0 Å². The van der Waals surface area contributed by atoms with Gasteiger partial charge < -0.3 is 24.9 Å². The van der Waals surface area contributed by atoms with Gasteiger partial charge in [-0.05, 0) is 118 Å². The van der Waals surface area contributed by atoms with E-state index in [-0.39, 0.29) is 52.5 Å². The topological polar surface area (TPSA) is 163 Å². The molecular formula is C56H70FN9O6. The van der Waals surface area contributed by atoms with E-state index in [0.29, 0.717) is 92.3 Å². The van der Waals surface area contributed by atoms with E-state index >= 15 is 4.39 Å². The van der Waals surface area contributed by atoms with E-state index in [1.54, 1.807) is 29.2 Å². The molecule has 6 aliphatic rings. The lowest BCUT2D eigenvalue weighted by molar-refractivity contribution is -0.137. The second kappa shape index (κ2) is 22.4. The first-order valence-electron chi connectivity index (χ1n) is 26.8. The van der Waals surface area contributed by atoms with E-state index in [1.165, 1.54) is 6.07 Å². The van der Waals surface area contributed by atoms with Crippen LogP contribution in [0.25, 0.3) is 10.8 Å². The van der Waals surface area contributed by atoms with Crippen molar-refractivity contribution in [1.29, 1.82) is 0 Å². The normalized spacial score (nSPS) is 21.4. The first-order chi connectivity index (χ1) is 35.0. The molecule has 16 heteroatoms. The molecule has 15 nitrogen and oxygen atoms in total. The molecule has 4 aliphatic heterocycles. The number of piperazine rings is 2. The summed E-state index contributed by atoms with van der Waals surface area (Å²) < 4.78 is 15.1. The molecule has 2 N–H and O–H groups in total. The third kappa shape index (κ3) is 11.6. The van der Waals surface area contributed by atoms with Crippen molar-refractivity contribution in [2.24, 2.45) is 17.8 Å². The molecule has 10 rings (SSSR count). The van der Waals surface area contributed by atoms with Crippen LogP contribution in [0.4, 0.5) is 4.39 Å². The van der Waals surface area contributed by atoms with Gasteiger partial charge in [-0.1, -0.05) is 55.7 Å². The highest BCUT2D eigenvalue weighted by molar-refractivity contribution is 5.98. The molecule has 1 aromatic heterocycles. The number of carbonyl (C=O) groups is 5. The van der Waals surface area contributed by atoms with Gasteiger partial charge in [-0.15, -0.1) is 0 Å². The standard InChI is InChI=1S/C56H70FN9O6/c57-48-18-15-39(33-49-45-13-4-5-14-46(45)53(69)60-59-49)32-47(48)55(71)64-30-28-63(29-31-64)50(67)37-61-22-19-38(20-23-61)35-62-24-26-65(27-25-62)56(72)51(40-8-2-1-3-9-40)58-52(68)43-11-6-10-42(34-43)44-12-7-21-66(36-44)54(70)41-16-17-41/h4-6,10-11,13-15,18,32,34,38,40-41,44,51H,1-3,7-9,12,16-17,19-31,33,35-37H2,(H,58,68)(H,60,69)/t44?,51-/m1/s1. The number of rotatable bonds is 13. The van der Waals surface area contributed by atoms with Gasteiger partial charge in [0.1, 0.15) is 11.9 Å². The maximum atomic E-state index is 15.1. The summed E-state index contributed by atoms with van der Waals surface area (Å²) in [6, 6.07) is 19.0. The smallest absolute Gasteiger partial charge is 0.272 e. The zero-order valence-corrected chi connectivity index (χ0v) is 41.6. The van der Waals surface area contributed by atoms with Crippen LogP contribution in [0.2, 0.25) is 0 Å². The van der Waals surface area contributed by atoms with Gasteiger partial charge in [-0.25, -0.2) is 9.49 Å². The van der Waals surface area contributed by atoms with Crippen molar-refractivity contribution < 1.29 is 28.4 Å². The first-order valence-corrected chi connectivity index (χ1v) is 26.8. The van der Waals surface area contributed by atoms with Crippen LogP contribution in [-0.2, 0) is 20.8 Å². The fraction of sp³-hybridized carbons (Fsp3) is 0.554. The monoisotopic (exact) mass is 984 g/mol. The van der Waals surface area contributed by atoms with Crippen molar-refractivity contribution in [2.75, 3.05) is 91.6 Å². The Morgan fingerprint density at radius 3 is 2.15 bits per heavy atom. The molecule has 382 valence electrons. The highest BCUT2D eigenvalue weighted by Gasteiger charge is 2.38. The summed E-state index contributed by atoms with van der Waals surface area (Å²) in [6.45, 7) is 8.71. The second-order valence-corrected chi connectivity index (χ2v) is 21.4. The molecule has 0 bridgehead atoms. The minimum Gasteiger partial charge on any atom is -0.342 e. The average Bonchev–Trinajstić information content (AvgIpc) is 4.28. The third-order valence-corrected chi connectivity index (χ3v) is 16.5. The number of nitrogens with zero attached hydrogens (tertiary/aromatic N) is 7. The fourth-order valence-corrected chi connectivity index (χ4v) is 12.1. The molecule has 4 saturated heterocycles. The van der Waals surface area contributed by atoms with Crippen LogP contribution in [0, 0.1) is 23.6 Å². The Bertz CT molecular complexity index is 2680. The summed E-state index contributed by atoms with van der Waals surface area (Å²) in [4.78, 5) is 92.7. The molecular weight excluding hydrogens is 914 g/mol. The number of nitrogens with one attached hydrogen (secondary N) is 2. The van der Waals surface area contributed by atoms with Gasteiger partial charge in [-0.2, -0.15) is 5.10 Å². The average molecular weight is 984 g/mol. The minimum absolute atomic E-state index is 0.0206. The number of amides is 5. The molecule has 6 fully saturated rings. The maximum absolute atomic E-state index is 15.1. The van der Waals surface area contributed by atoms with Gasteiger partial charge in [0.05, 0.1) is 23.2 Å². The fourth-order valence-electron chi connectivity index (χ4n) is 12.1. The van der Waals surface area contributed by atoms with Crippen molar-refractivity contribution >= 4 is 40.3 Å². The summed E-state index contributed by atoms with van der Waals surface area (Å²) in [6.07, 6.45) is 11.4. The molecule has 0 spiro atoms. The zero-order valence-electron chi connectivity index (χ0n) is 41.6. The molecule has 2 atom stereocenters. The van der Waals surface area contributed by atoms with E-state index in [2.05, 4.69) is 31.4 Å². The van der Waals surface area contributed by atoms with Crippen LogP contribution in [0.3, 0.4) is 0 Å². The number of fused-ring (bicyclic) bond motifs is 1. The molecule has 72 heavy (non-hydrogen) atoms. The summed E-state index contributed by atoms with van der Waals surface area (Å²) in [5, 5.41) is 11.2. The molecule has 1 unspecified atom stereocenters. The Morgan fingerprint density at radius 1 is 0.681 bits per heavy atom. The number of carbonyl (C=O) groups excluding carboxylic acids is 5. The van der Waals surface area contributed by atoms with Crippen LogP contribution in [0.15, 0.2) is 71.5 Å². The summed E-state index contributed by atoms with van der Waals surface area (Å²) >= 11 is 0. The number of hydrogen-bond donors (Lipinski definition) is 2. The van der Waals surface area contributed by atoms with Crippen molar-refractivity contribution in [3.63, 3.8) is 0 Å². The number of aromatic nitrogens is 2. The molecule has 0 radical (unpaired) electrons.